The lowest BCUT2D eigenvalue weighted by Crippen LogP contribution is -2.19. The van der Waals surface area contributed by atoms with E-state index in [1.54, 1.807) is 0 Å². The Bertz CT molecular complexity index is 269. The van der Waals surface area contributed by atoms with E-state index in [4.69, 9.17) is 10.3 Å². The van der Waals surface area contributed by atoms with Crippen molar-refractivity contribution in [2.75, 3.05) is 0 Å². The van der Waals surface area contributed by atoms with E-state index in [-0.39, 0.29) is 17.9 Å². The Morgan fingerprint density at radius 3 is 2.67 bits per heavy atom. The third-order valence-corrected chi connectivity index (χ3v) is 2.00. The second-order valence-electron chi connectivity index (χ2n) is 3.03. The van der Waals surface area contributed by atoms with Gasteiger partial charge in [-0.3, -0.25) is 0 Å². The molecular formula is C7H12ClN3O. The largest absolute Gasteiger partial charge is 0.337 e. The highest BCUT2D eigenvalue weighted by atomic mass is 35.5. The Morgan fingerprint density at radius 1 is 1.58 bits per heavy atom. The van der Waals surface area contributed by atoms with Crippen LogP contribution in [0.4, 0.5) is 0 Å². The molecule has 1 aromatic rings. The summed E-state index contributed by atoms with van der Waals surface area (Å²) in [7, 11) is 0. The van der Waals surface area contributed by atoms with Crippen molar-refractivity contribution in [3.05, 3.63) is 11.7 Å². The Morgan fingerprint density at radius 2 is 2.25 bits per heavy atom. The molecule has 1 heterocycles. The van der Waals surface area contributed by atoms with Crippen molar-refractivity contribution in [1.29, 1.82) is 0 Å². The molecule has 2 rings (SSSR count). The summed E-state index contributed by atoms with van der Waals surface area (Å²) in [6.45, 7) is 1.99. The van der Waals surface area contributed by atoms with Crippen molar-refractivity contribution >= 4 is 12.4 Å². The molecule has 1 aliphatic rings. The number of hydrogen-bond acceptors (Lipinski definition) is 4. The molecule has 1 fully saturated rings. The topological polar surface area (TPSA) is 64.9 Å². The van der Waals surface area contributed by atoms with Crippen LogP contribution in [0.1, 0.15) is 31.5 Å². The van der Waals surface area contributed by atoms with Gasteiger partial charge in [0.15, 0.2) is 5.82 Å². The van der Waals surface area contributed by atoms with Crippen molar-refractivity contribution in [2.45, 2.75) is 31.7 Å². The predicted molar refractivity (Wildman–Crippen MR) is 46.0 cm³/mol. The van der Waals surface area contributed by atoms with Gasteiger partial charge in [-0.2, -0.15) is 4.98 Å². The molecular weight excluding hydrogens is 178 g/mol. The first kappa shape index (κ1) is 9.48. The summed E-state index contributed by atoms with van der Waals surface area (Å²) in [6, 6.07) is 0. The summed E-state index contributed by atoms with van der Waals surface area (Å²) in [5.74, 6) is 1.35. The molecule has 0 radical (unpaired) electrons. The highest BCUT2D eigenvalue weighted by molar-refractivity contribution is 5.85. The number of halogens is 1. The third kappa shape index (κ3) is 1.44. The van der Waals surface area contributed by atoms with Crippen molar-refractivity contribution in [1.82, 2.24) is 10.1 Å². The number of nitrogens with two attached hydrogens (primary N) is 1. The number of aromatic nitrogens is 2. The summed E-state index contributed by atoms with van der Waals surface area (Å²) >= 11 is 0. The zero-order chi connectivity index (χ0) is 7.90. The number of rotatable bonds is 2. The highest BCUT2D eigenvalue weighted by Gasteiger charge is 2.45. The molecule has 0 unspecified atom stereocenters. The van der Waals surface area contributed by atoms with E-state index in [0.717, 1.165) is 25.1 Å². The number of aryl methyl sites for hydroxylation is 1. The molecule has 0 atom stereocenters. The van der Waals surface area contributed by atoms with Crippen molar-refractivity contribution < 1.29 is 4.52 Å². The number of hydrogen-bond donors (Lipinski definition) is 1. The standard InChI is InChI=1S/C7H11N3O.ClH/c1-2-5-9-6(11-10-5)7(8)3-4-7;/h2-4,8H2,1H3;1H. The summed E-state index contributed by atoms with van der Waals surface area (Å²) < 4.78 is 5.00. The minimum absolute atomic E-state index is 0. The van der Waals surface area contributed by atoms with E-state index >= 15 is 0 Å². The quantitative estimate of drug-likeness (QED) is 0.754. The number of nitrogens with zero attached hydrogens (tertiary/aromatic N) is 2. The lowest BCUT2D eigenvalue weighted by atomic mass is 10.3. The Hall–Kier alpha value is -0.610. The molecule has 2 N–H and O–H groups in total. The van der Waals surface area contributed by atoms with Crippen LogP contribution in [0.3, 0.4) is 0 Å². The SMILES string of the molecule is CCc1noc(C2(N)CC2)n1.Cl. The molecule has 0 aliphatic heterocycles. The zero-order valence-electron chi connectivity index (χ0n) is 6.91. The van der Waals surface area contributed by atoms with Crippen LogP contribution in [0.25, 0.3) is 0 Å². The summed E-state index contributed by atoms with van der Waals surface area (Å²) in [5.41, 5.74) is 5.56. The van der Waals surface area contributed by atoms with E-state index < -0.39 is 0 Å². The molecule has 0 aromatic carbocycles. The van der Waals surface area contributed by atoms with E-state index in [0.29, 0.717) is 5.89 Å². The molecule has 0 saturated heterocycles. The second kappa shape index (κ2) is 3.03. The van der Waals surface area contributed by atoms with Crippen LogP contribution in [-0.4, -0.2) is 10.1 Å². The van der Waals surface area contributed by atoms with E-state index in [2.05, 4.69) is 10.1 Å². The molecule has 1 aromatic heterocycles. The van der Waals surface area contributed by atoms with Crippen molar-refractivity contribution in [3.63, 3.8) is 0 Å². The molecule has 12 heavy (non-hydrogen) atoms. The van der Waals surface area contributed by atoms with Gasteiger partial charge in [0, 0.05) is 6.42 Å². The van der Waals surface area contributed by atoms with Gasteiger partial charge in [-0.1, -0.05) is 12.1 Å². The lowest BCUT2D eigenvalue weighted by molar-refractivity contribution is 0.344. The average Bonchev–Trinajstić information content (AvgIpc) is 2.61. The Labute approximate surface area is 76.9 Å². The second-order valence-corrected chi connectivity index (χ2v) is 3.03. The monoisotopic (exact) mass is 189 g/mol. The van der Waals surface area contributed by atoms with Crippen LogP contribution in [0.2, 0.25) is 0 Å². The van der Waals surface area contributed by atoms with Crippen molar-refractivity contribution in [3.8, 4) is 0 Å². The summed E-state index contributed by atoms with van der Waals surface area (Å²) in [4.78, 5) is 4.16. The van der Waals surface area contributed by atoms with Crippen LogP contribution in [0, 0.1) is 0 Å². The van der Waals surface area contributed by atoms with Crippen LogP contribution < -0.4 is 5.73 Å². The smallest absolute Gasteiger partial charge is 0.246 e. The first-order valence-corrected chi connectivity index (χ1v) is 3.86. The maximum Gasteiger partial charge on any atom is 0.246 e. The minimum atomic E-state index is -0.277. The molecule has 5 heteroatoms. The average molecular weight is 190 g/mol. The predicted octanol–water partition coefficient (Wildman–Crippen LogP) is 1.00. The van der Waals surface area contributed by atoms with Crippen LogP contribution in [0.15, 0.2) is 4.52 Å². The fraction of sp³-hybridized carbons (Fsp3) is 0.714. The zero-order valence-corrected chi connectivity index (χ0v) is 7.73. The van der Waals surface area contributed by atoms with Gasteiger partial charge in [-0.25, -0.2) is 0 Å². The molecule has 4 nitrogen and oxygen atoms in total. The first-order chi connectivity index (χ1) is 5.24. The summed E-state index contributed by atoms with van der Waals surface area (Å²) in [5, 5.41) is 3.78. The molecule has 0 amide bonds. The molecule has 0 bridgehead atoms. The van der Waals surface area contributed by atoms with E-state index in [1.807, 2.05) is 6.92 Å². The maximum atomic E-state index is 5.84. The van der Waals surface area contributed by atoms with Gasteiger partial charge in [0.1, 0.15) is 0 Å². The Kier molecular flexibility index (Phi) is 2.39. The maximum absolute atomic E-state index is 5.84. The molecule has 0 spiro atoms. The molecule has 1 aliphatic carbocycles. The first-order valence-electron chi connectivity index (χ1n) is 3.86. The highest BCUT2D eigenvalue weighted by Crippen LogP contribution is 2.41. The van der Waals surface area contributed by atoms with Crippen molar-refractivity contribution in [2.24, 2.45) is 5.73 Å². The molecule has 68 valence electrons. The van der Waals surface area contributed by atoms with Gasteiger partial charge in [-0.15, -0.1) is 12.4 Å². The fourth-order valence-electron chi connectivity index (χ4n) is 0.948. The van der Waals surface area contributed by atoms with Gasteiger partial charge >= 0.3 is 0 Å². The fourth-order valence-corrected chi connectivity index (χ4v) is 0.948. The third-order valence-electron chi connectivity index (χ3n) is 2.00. The molecule has 1 saturated carbocycles. The Balaban J connectivity index is 0.000000720. The van der Waals surface area contributed by atoms with Crippen LogP contribution in [-0.2, 0) is 12.0 Å². The van der Waals surface area contributed by atoms with Crippen LogP contribution in [0.5, 0.6) is 0 Å². The van der Waals surface area contributed by atoms with Gasteiger partial charge in [0.2, 0.25) is 5.89 Å². The normalized spacial score (nSPS) is 18.5. The lowest BCUT2D eigenvalue weighted by Gasteiger charge is -1.97. The van der Waals surface area contributed by atoms with Gasteiger partial charge < -0.3 is 10.3 Å². The van der Waals surface area contributed by atoms with Gasteiger partial charge in [-0.05, 0) is 12.8 Å². The van der Waals surface area contributed by atoms with E-state index in [9.17, 15) is 0 Å². The van der Waals surface area contributed by atoms with E-state index in [1.165, 1.54) is 0 Å². The van der Waals surface area contributed by atoms with Crippen LogP contribution >= 0.6 is 12.4 Å². The minimum Gasteiger partial charge on any atom is -0.337 e. The van der Waals surface area contributed by atoms with Gasteiger partial charge in [0.25, 0.3) is 0 Å². The summed E-state index contributed by atoms with van der Waals surface area (Å²) in [6.07, 6.45) is 2.75. The van der Waals surface area contributed by atoms with Gasteiger partial charge in [0.05, 0.1) is 5.54 Å².